The van der Waals surface area contributed by atoms with Gasteiger partial charge in [-0.2, -0.15) is 0 Å². The number of amides is 1. The van der Waals surface area contributed by atoms with Crippen LogP contribution in [0.3, 0.4) is 0 Å². The van der Waals surface area contributed by atoms with E-state index in [1.54, 1.807) is 11.0 Å². The summed E-state index contributed by atoms with van der Waals surface area (Å²) >= 11 is 1.47. The molecule has 0 fully saturated rings. The minimum absolute atomic E-state index is 0.0598. The Hall–Kier alpha value is -3.50. The van der Waals surface area contributed by atoms with E-state index in [0.717, 1.165) is 16.8 Å². The molecule has 3 nitrogen and oxygen atoms in total. The molecule has 4 aromatic rings. The molecule has 4 rings (SSSR count). The lowest BCUT2D eigenvalue weighted by molar-refractivity contribution is 0.0989. The van der Waals surface area contributed by atoms with Crippen LogP contribution < -0.4 is 4.90 Å². The second kappa shape index (κ2) is 9.33. The summed E-state index contributed by atoms with van der Waals surface area (Å²) in [6.45, 7) is 4.24. The molecule has 0 bridgehead atoms. The van der Waals surface area contributed by atoms with Crippen LogP contribution >= 0.6 is 11.3 Å². The molecule has 0 aliphatic carbocycles. The molecule has 0 radical (unpaired) electrons. The molecule has 0 saturated heterocycles. The van der Waals surface area contributed by atoms with Crippen LogP contribution in [0.25, 0.3) is 11.3 Å². The van der Waals surface area contributed by atoms with E-state index < -0.39 is 0 Å². The van der Waals surface area contributed by atoms with Gasteiger partial charge in [-0.3, -0.25) is 9.69 Å². The normalized spacial score (nSPS) is 10.5. The monoisotopic (exact) mass is 410 g/mol. The number of rotatable bonds is 7. The molecule has 4 heteroatoms. The molecule has 0 atom stereocenters. The van der Waals surface area contributed by atoms with Crippen molar-refractivity contribution in [1.29, 1.82) is 0 Å². The fourth-order valence-corrected chi connectivity index (χ4v) is 4.19. The highest BCUT2D eigenvalue weighted by atomic mass is 32.1. The van der Waals surface area contributed by atoms with E-state index in [0.29, 0.717) is 23.7 Å². The van der Waals surface area contributed by atoms with Crippen LogP contribution in [0.2, 0.25) is 0 Å². The maximum atomic E-state index is 13.5. The van der Waals surface area contributed by atoms with Gasteiger partial charge in [-0.1, -0.05) is 84.9 Å². The zero-order chi connectivity index (χ0) is 20.8. The molecule has 30 heavy (non-hydrogen) atoms. The third-order valence-electron chi connectivity index (χ3n) is 4.83. The Morgan fingerprint density at radius 1 is 0.933 bits per heavy atom. The Labute approximate surface area is 181 Å². The van der Waals surface area contributed by atoms with E-state index in [2.05, 4.69) is 18.7 Å². The molecule has 1 amide bonds. The SMILES string of the molecule is C=CCN(C(=O)c1ccccc1Cc1ccccc1)c1nc(-c2ccccc2)cs1. The first-order chi connectivity index (χ1) is 14.8. The van der Waals surface area contributed by atoms with Gasteiger partial charge >= 0.3 is 0 Å². The highest BCUT2D eigenvalue weighted by Gasteiger charge is 2.22. The zero-order valence-corrected chi connectivity index (χ0v) is 17.4. The Kier molecular flexibility index (Phi) is 6.16. The number of anilines is 1. The molecule has 1 aromatic heterocycles. The predicted molar refractivity (Wildman–Crippen MR) is 125 cm³/mol. The zero-order valence-electron chi connectivity index (χ0n) is 16.6. The summed E-state index contributed by atoms with van der Waals surface area (Å²) in [6.07, 6.45) is 2.44. The lowest BCUT2D eigenvalue weighted by Crippen LogP contribution is -2.31. The molecular formula is C26H22N2OS. The first-order valence-corrected chi connectivity index (χ1v) is 10.7. The summed E-state index contributed by atoms with van der Waals surface area (Å²) in [6, 6.07) is 28.0. The molecule has 0 aliphatic rings. The van der Waals surface area contributed by atoms with Gasteiger partial charge in [-0.05, 0) is 23.6 Å². The van der Waals surface area contributed by atoms with Gasteiger partial charge in [0.1, 0.15) is 0 Å². The van der Waals surface area contributed by atoms with E-state index in [1.807, 2.05) is 78.2 Å². The van der Waals surface area contributed by atoms with Crippen LogP contribution in [0.4, 0.5) is 5.13 Å². The van der Waals surface area contributed by atoms with Gasteiger partial charge in [0.05, 0.1) is 5.69 Å². The second-order valence-electron chi connectivity index (χ2n) is 6.91. The van der Waals surface area contributed by atoms with Crippen molar-refractivity contribution in [3.05, 3.63) is 120 Å². The van der Waals surface area contributed by atoms with Crippen molar-refractivity contribution in [2.24, 2.45) is 0 Å². The minimum Gasteiger partial charge on any atom is -0.280 e. The van der Waals surface area contributed by atoms with Crippen molar-refractivity contribution in [1.82, 2.24) is 4.98 Å². The number of aromatic nitrogens is 1. The number of carbonyl (C=O) groups is 1. The predicted octanol–water partition coefficient (Wildman–Crippen LogP) is 6.23. The number of thiazole rings is 1. The Morgan fingerprint density at radius 3 is 2.33 bits per heavy atom. The van der Waals surface area contributed by atoms with Gasteiger partial charge in [0.2, 0.25) is 0 Å². The first kappa shape index (κ1) is 19.8. The fraction of sp³-hybridized carbons (Fsp3) is 0.0769. The third kappa shape index (κ3) is 4.39. The largest absolute Gasteiger partial charge is 0.280 e. The third-order valence-corrected chi connectivity index (χ3v) is 5.70. The fourth-order valence-electron chi connectivity index (χ4n) is 3.35. The molecule has 1 heterocycles. The number of hydrogen-bond donors (Lipinski definition) is 0. The summed E-state index contributed by atoms with van der Waals surface area (Å²) in [4.78, 5) is 20.0. The number of benzene rings is 3. The van der Waals surface area contributed by atoms with Crippen LogP contribution in [0, 0.1) is 0 Å². The number of carbonyl (C=O) groups excluding carboxylic acids is 1. The molecule has 0 aliphatic heterocycles. The molecule has 3 aromatic carbocycles. The highest BCUT2D eigenvalue weighted by Crippen LogP contribution is 2.29. The maximum Gasteiger partial charge on any atom is 0.260 e. The van der Waals surface area contributed by atoms with Gasteiger partial charge in [0, 0.05) is 23.1 Å². The molecule has 0 unspecified atom stereocenters. The van der Waals surface area contributed by atoms with E-state index in [1.165, 1.54) is 16.9 Å². The molecule has 0 N–H and O–H groups in total. The van der Waals surface area contributed by atoms with Gasteiger partial charge in [0.25, 0.3) is 5.91 Å². The summed E-state index contributed by atoms with van der Waals surface area (Å²) in [5.74, 6) is -0.0598. The maximum absolute atomic E-state index is 13.5. The number of hydrogen-bond acceptors (Lipinski definition) is 3. The van der Waals surface area contributed by atoms with Gasteiger partial charge in [-0.15, -0.1) is 17.9 Å². The smallest absolute Gasteiger partial charge is 0.260 e. The Balaban J connectivity index is 1.65. The first-order valence-electron chi connectivity index (χ1n) is 9.82. The van der Waals surface area contributed by atoms with Crippen molar-refractivity contribution in [2.75, 3.05) is 11.4 Å². The van der Waals surface area contributed by atoms with Crippen molar-refractivity contribution in [3.8, 4) is 11.3 Å². The summed E-state index contributed by atoms with van der Waals surface area (Å²) in [5.41, 5.74) is 4.78. The molecule has 148 valence electrons. The quantitative estimate of drug-likeness (QED) is 0.338. The standard InChI is InChI=1S/C26H22N2OS/c1-2-17-28(26-27-24(19-30-26)21-13-7-4-8-14-21)25(29)23-16-10-9-15-22(23)18-20-11-5-3-6-12-20/h2-16,19H,1,17-18H2. The summed E-state index contributed by atoms with van der Waals surface area (Å²) in [5, 5.41) is 2.66. The summed E-state index contributed by atoms with van der Waals surface area (Å²) in [7, 11) is 0. The van der Waals surface area contributed by atoms with Crippen LogP contribution in [-0.2, 0) is 6.42 Å². The van der Waals surface area contributed by atoms with Gasteiger partial charge < -0.3 is 0 Å². The van der Waals surface area contributed by atoms with Crippen molar-refractivity contribution in [2.45, 2.75) is 6.42 Å². The van der Waals surface area contributed by atoms with Crippen molar-refractivity contribution < 1.29 is 4.79 Å². The molecule has 0 saturated carbocycles. The van der Waals surface area contributed by atoms with Crippen LogP contribution in [0.1, 0.15) is 21.5 Å². The Bertz CT molecular complexity index is 1140. The van der Waals surface area contributed by atoms with Crippen molar-refractivity contribution in [3.63, 3.8) is 0 Å². The van der Waals surface area contributed by atoms with E-state index >= 15 is 0 Å². The molecule has 0 spiro atoms. The average molecular weight is 411 g/mol. The topological polar surface area (TPSA) is 33.2 Å². The minimum atomic E-state index is -0.0598. The molecular weight excluding hydrogens is 388 g/mol. The highest BCUT2D eigenvalue weighted by molar-refractivity contribution is 7.14. The van der Waals surface area contributed by atoms with E-state index in [9.17, 15) is 4.79 Å². The van der Waals surface area contributed by atoms with Crippen LogP contribution in [-0.4, -0.2) is 17.4 Å². The number of nitrogens with zero attached hydrogens (tertiary/aromatic N) is 2. The lowest BCUT2D eigenvalue weighted by Gasteiger charge is -2.20. The van der Waals surface area contributed by atoms with Crippen molar-refractivity contribution >= 4 is 22.4 Å². The second-order valence-corrected chi connectivity index (χ2v) is 7.74. The lowest BCUT2D eigenvalue weighted by atomic mass is 9.99. The van der Waals surface area contributed by atoms with E-state index in [4.69, 9.17) is 4.98 Å². The summed E-state index contributed by atoms with van der Waals surface area (Å²) < 4.78 is 0. The van der Waals surface area contributed by atoms with Gasteiger partial charge in [0.15, 0.2) is 5.13 Å². The average Bonchev–Trinajstić information content (AvgIpc) is 3.29. The van der Waals surface area contributed by atoms with E-state index in [-0.39, 0.29) is 5.91 Å². The Morgan fingerprint density at radius 2 is 1.60 bits per heavy atom. The van der Waals surface area contributed by atoms with Crippen LogP contribution in [0.15, 0.2) is 103 Å². The van der Waals surface area contributed by atoms with Crippen LogP contribution in [0.5, 0.6) is 0 Å². The van der Waals surface area contributed by atoms with Gasteiger partial charge in [-0.25, -0.2) is 4.98 Å².